The maximum atomic E-state index is 3.27. The van der Waals surface area contributed by atoms with Crippen molar-refractivity contribution in [3.8, 4) is 33.4 Å². The Balaban J connectivity index is 1.04. The second kappa shape index (κ2) is 21.3. The molecule has 0 amide bonds. The molecule has 0 saturated carbocycles. The number of hydrogen-bond donors (Lipinski definition) is 1. The van der Waals surface area contributed by atoms with Crippen LogP contribution in [-0.4, -0.2) is 7.05 Å². The average Bonchev–Trinajstić information content (AvgIpc) is 3.42. The first kappa shape index (κ1) is 47.3. The summed E-state index contributed by atoms with van der Waals surface area (Å²) in [5.41, 5.74) is 25.2. The predicted molar refractivity (Wildman–Crippen MR) is 308 cm³/mol. The monoisotopic (exact) mass is 934 g/mol. The fourth-order valence-electron chi connectivity index (χ4n) is 9.76. The molecule has 0 aliphatic carbocycles. The summed E-state index contributed by atoms with van der Waals surface area (Å²) in [6.07, 6.45) is 1.96. The summed E-state index contributed by atoms with van der Waals surface area (Å²) in [5.74, 6) is 0.337. The lowest BCUT2D eigenvalue weighted by molar-refractivity contribution is 0.680. The second-order valence-corrected chi connectivity index (χ2v) is 19.6. The molecule has 0 bridgehead atoms. The van der Waals surface area contributed by atoms with Gasteiger partial charge in [-0.2, -0.15) is 0 Å². The SMILES string of the molecule is CNc1ccc(N(c2ccc(C)cc2)c2ccc(-c3cc(-c4ccc(C(Cc5ccc(C)cc5)Cc5ccc(C)cc5)cc4)cc(-c4ccc(N(c5ccc(C)cc5)c5ccc(C)cc5)cc4)c3)cc2)cc1. The van der Waals surface area contributed by atoms with Crippen LogP contribution in [0.1, 0.15) is 50.4 Å². The minimum atomic E-state index is 0.337. The van der Waals surface area contributed by atoms with E-state index in [0.29, 0.717) is 5.92 Å². The van der Waals surface area contributed by atoms with Crippen LogP contribution in [0.2, 0.25) is 0 Å². The van der Waals surface area contributed by atoms with Gasteiger partial charge >= 0.3 is 0 Å². The van der Waals surface area contributed by atoms with Crippen molar-refractivity contribution in [2.24, 2.45) is 0 Å². The van der Waals surface area contributed by atoms with Crippen molar-refractivity contribution in [3.63, 3.8) is 0 Å². The van der Waals surface area contributed by atoms with E-state index in [9.17, 15) is 0 Å². The summed E-state index contributed by atoms with van der Waals surface area (Å²) < 4.78 is 0. The lowest BCUT2D eigenvalue weighted by Crippen LogP contribution is -2.10. The third-order valence-corrected chi connectivity index (χ3v) is 14.1. The lowest BCUT2D eigenvalue weighted by atomic mass is 9.85. The van der Waals surface area contributed by atoms with Crippen LogP contribution in [0.15, 0.2) is 237 Å². The molecule has 0 fully saturated rings. The molecule has 0 aromatic heterocycles. The Morgan fingerprint density at radius 1 is 0.292 bits per heavy atom. The standard InChI is InChI=1S/C69H63N3/c1-48-7-17-53(18-8-48)43-59(44-54-19-9-49(2)10-20-54)55-21-23-56(24-22-55)60-45-61(57-25-37-67(38-26-57)71(64-31-11-50(3)12-32-64)65-33-13-51(4)14-34-65)47-62(46-60)58-27-39-68(40-28-58)72(66-35-15-52(5)16-36-66)69-41-29-63(70-6)30-42-69/h7-42,45-47,59,70H,43-44H2,1-6H3. The smallest absolute Gasteiger partial charge is 0.0463 e. The first-order valence-corrected chi connectivity index (χ1v) is 25.3. The Labute approximate surface area is 427 Å². The number of hydrogen-bond acceptors (Lipinski definition) is 3. The molecule has 10 aromatic carbocycles. The Hall–Kier alpha value is -8.40. The van der Waals surface area contributed by atoms with Gasteiger partial charge in [0, 0.05) is 46.9 Å². The molecule has 3 heteroatoms. The van der Waals surface area contributed by atoms with Gasteiger partial charge in [0.2, 0.25) is 0 Å². The number of anilines is 7. The highest BCUT2D eigenvalue weighted by Crippen LogP contribution is 2.40. The van der Waals surface area contributed by atoms with Crippen molar-refractivity contribution in [1.29, 1.82) is 0 Å². The van der Waals surface area contributed by atoms with Crippen LogP contribution in [0.4, 0.5) is 39.8 Å². The number of aryl methyl sites for hydroxylation is 5. The van der Waals surface area contributed by atoms with Crippen molar-refractivity contribution in [2.75, 3.05) is 22.2 Å². The van der Waals surface area contributed by atoms with Crippen LogP contribution < -0.4 is 15.1 Å². The topological polar surface area (TPSA) is 18.5 Å². The van der Waals surface area contributed by atoms with Gasteiger partial charge in [-0.3, -0.25) is 0 Å². The van der Waals surface area contributed by atoms with Crippen molar-refractivity contribution in [3.05, 3.63) is 281 Å². The van der Waals surface area contributed by atoms with Crippen LogP contribution in [0, 0.1) is 34.6 Å². The number of rotatable bonds is 15. The van der Waals surface area contributed by atoms with E-state index in [1.807, 2.05) is 7.05 Å². The van der Waals surface area contributed by atoms with Crippen LogP contribution in [0.25, 0.3) is 33.4 Å². The molecule has 0 heterocycles. The summed E-state index contributed by atoms with van der Waals surface area (Å²) in [7, 11) is 1.96. The van der Waals surface area contributed by atoms with Crippen LogP contribution in [-0.2, 0) is 12.8 Å². The van der Waals surface area contributed by atoms with E-state index in [-0.39, 0.29) is 0 Å². The molecular formula is C69H63N3. The van der Waals surface area contributed by atoms with Gasteiger partial charge in [0.25, 0.3) is 0 Å². The molecule has 0 aliphatic heterocycles. The van der Waals surface area contributed by atoms with Gasteiger partial charge in [0.1, 0.15) is 0 Å². The third kappa shape index (κ3) is 11.0. The number of benzene rings is 10. The first-order chi connectivity index (χ1) is 35.1. The summed E-state index contributed by atoms with van der Waals surface area (Å²) in [5, 5.41) is 3.27. The molecule has 0 saturated heterocycles. The first-order valence-electron chi connectivity index (χ1n) is 25.3. The second-order valence-electron chi connectivity index (χ2n) is 19.6. The molecule has 1 N–H and O–H groups in total. The van der Waals surface area contributed by atoms with E-state index in [1.54, 1.807) is 0 Å². The van der Waals surface area contributed by atoms with Crippen molar-refractivity contribution < 1.29 is 0 Å². The molecule has 72 heavy (non-hydrogen) atoms. The highest BCUT2D eigenvalue weighted by Gasteiger charge is 2.18. The zero-order valence-corrected chi connectivity index (χ0v) is 42.4. The van der Waals surface area contributed by atoms with Gasteiger partial charge < -0.3 is 15.1 Å². The van der Waals surface area contributed by atoms with Crippen LogP contribution in [0.5, 0.6) is 0 Å². The minimum Gasteiger partial charge on any atom is -0.388 e. The van der Waals surface area contributed by atoms with Gasteiger partial charge in [-0.15, -0.1) is 0 Å². The van der Waals surface area contributed by atoms with E-state index < -0.39 is 0 Å². The Morgan fingerprint density at radius 2 is 0.542 bits per heavy atom. The van der Waals surface area contributed by atoms with Gasteiger partial charge in [-0.05, 0) is 207 Å². The number of nitrogens with zero attached hydrogens (tertiary/aromatic N) is 2. The highest BCUT2D eigenvalue weighted by atomic mass is 15.1. The predicted octanol–water partition coefficient (Wildman–Crippen LogP) is 18.8. The maximum absolute atomic E-state index is 3.27. The van der Waals surface area contributed by atoms with Crippen molar-refractivity contribution >= 4 is 39.8 Å². The Kier molecular flexibility index (Phi) is 14.0. The number of nitrogens with one attached hydrogen (secondary N) is 1. The fourth-order valence-corrected chi connectivity index (χ4v) is 9.76. The average molecular weight is 934 g/mol. The molecule has 0 spiro atoms. The third-order valence-electron chi connectivity index (χ3n) is 14.1. The molecule has 10 rings (SSSR count). The fraction of sp³-hybridized carbons (Fsp3) is 0.130. The molecule has 0 atom stereocenters. The van der Waals surface area contributed by atoms with E-state index in [1.165, 1.54) is 66.8 Å². The maximum Gasteiger partial charge on any atom is 0.0463 e. The quantitative estimate of drug-likeness (QED) is 0.110. The molecular weight excluding hydrogens is 871 g/mol. The summed E-state index contributed by atoms with van der Waals surface area (Å²) in [4.78, 5) is 4.67. The zero-order chi connectivity index (χ0) is 49.6. The van der Waals surface area contributed by atoms with E-state index in [4.69, 9.17) is 0 Å². The van der Waals surface area contributed by atoms with Gasteiger partial charge in [-0.25, -0.2) is 0 Å². The minimum absolute atomic E-state index is 0.337. The molecule has 0 aliphatic rings. The van der Waals surface area contributed by atoms with E-state index in [0.717, 1.165) is 63.8 Å². The largest absolute Gasteiger partial charge is 0.388 e. The summed E-state index contributed by atoms with van der Waals surface area (Å²) in [6, 6.07) is 87.7. The summed E-state index contributed by atoms with van der Waals surface area (Å²) >= 11 is 0. The Morgan fingerprint density at radius 3 is 0.833 bits per heavy atom. The van der Waals surface area contributed by atoms with Crippen molar-refractivity contribution in [2.45, 2.75) is 53.4 Å². The van der Waals surface area contributed by atoms with Gasteiger partial charge in [-0.1, -0.05) is 161 Å². The summed E-state index contributed by atoms with van der Waals surface area (Å²) in [6.45, 7) is 10.7. The Bertz CT molecular complexity index is 3260. The van der Waals surface area contributed by atoms with Gasteiger partial charge in [0.15, 0.2) is 0 Å². The van der Waals surface area contributed by atoms with Crippen LogP contribution >= 0.6 is 0 Å². The highest BCUT2D eigenvalue weighted by molar-refractivity contribution is 5.85. The van der Waals surface area contributed by atoms with Crippen molar-refractivity contribution in [1.82, 2.24) is 0 Å². The molecule has 3 nitrogen and oxygen atoms in total. The molecule has 10 aromatic rings. The van der Waals surface area contributed by atoms with Gasteiger partial charge in [0.05, 0.1) is 0 Å². The zero-order valence-electron chi connectivity index (χ0n) is 42.4. The molecule has 0 unspecified atom stereocenters. The normalized spacial score (nSPS) is 11.2. The molecule has 354 valence electrons. The van der Waals surface area contributed by atoms with Crippen LogP contribution in [0.3, 0.4) is 0 Å². The molecule has 0 radical (unpaired) electrons. The van der Waals surface area contributed by atoms with E-state index >= 15 is 0 Å². The lowest BCUT2D eigenvalue weighted by Gasteiger charge is -2.26. The van der Waals surface area contributed by atoms with E-state index in [2.05, 4.69) is 286 Å².